The highest BCUT2D eigenvalue weighted by molar-refractivity contribution is 5.23. The van der Waals surface area contributed by atoms with Crippen LogP contribution in [0.25, 0.3) is 0 Å². The van der Waals surface area contributed by atoms with E-state index >= 15 is 0 Å². The van der Waals surface area contributed by atoms with E-state index in [1.807, 2.05) is 0 Å². The highest BCUT2D eigenvalue weighted by atomic mass is 15.1. The Morgan fingerprint density at radius 3 is 2.00 bits per heavy atom. The van der Waals surface area contributed by atoms with Crippen LogP contribution in [0.15, 0.2) is 24.3 Å². The summed E-state index contributed by atoms with van der Waals surface area (Å²) in [6.45, 7) is 15.1. The van der Waals surface area contributed by atoms with E-state index in [2.05, 4.69) is 76.1 Å². The summed E-state index contributed by atoms with van der Waals surface area (Å²) in [7, 11) is 2.24. The maximum absolute atomic E-state index is 3.94. The van der Waals surface area contributed by atoms with Crippen molar-refractivity contribution in [2.24, 2.45) is 5.92 Å². The number of likely N-dealkylation sites (N-methyl/N-ethyl adjacent to an activating group) is 1. The van der Waals surface area contributed by atoms with Gasteiger partial charge in [-0.05, 0) is 63.2 Å². The fraction of sp³-hybridized carbons (Fsp3) is 0.786. The number of hydrogen-bond acceptors (Lipinski definition) is 2. The quantitative estimate of drug-likeness (QED) is 0.253. The van der Waals surface area contributed by atoms with Gasteiger partial charge < -0.3 is 10.2 Å². The highest BCUT2D eigenvalue weighted by Gasteiger charge is 2.22. The molecule has 2 nitrogen and oxygen atoms in total. The molecule has 174 valence electrons. The predicted molar refractivity (Wildman–Crippen MR) is 135 cm³/mol. The zero-order chi connectivity index (χ0) is 22.2. The lowest BCUT2D eigenvalue weighted by Gasteiger charge is -2.31. The lowest BCUT2D eigenvalue weighted by molar-refractivity contribution is 0.291. The zero-order valence-corrected chi connectivity index (χ0v) is 21.2. The predicted octanol–water partition coefficient (Wildman–Crippen LogP) is 7.26. The van der Waals surface area contributed by atoms with Crippen molar-refractivity contribution in [3.63, 3.8) is 0 Å². The topological polar surface area (TPSA) is 15.3 Å². The van der Waals surface area contributed by atoms with E-state index < -0.39 is 0 Å². The summed E-state index contributed by atoms with van der Waals surface area (Å²) >= 11 is 0. The number of benzene rings is 1. The van der Waals surface area contributed by atoms with Gasteiger partial charge in [-0.2, -0.15) is 0 Å². The Labute approximate surface area is 189 Å². The lowest BCUT2D eigenvalue weighted by Crippen LogP contribution is -2.43. The molecule has 0 aromatic heterocycles. The Hall–Kier alpha value is -0.860. The molecule has 2 heteroatoms. The normalized spacial score (nSPS) is 13.9. The fourth-order valence-electron chi connectivity index (χ4n) is 4.40. The minimum absolute atomic E-state index is 0.309. The van der Waals surface area contributed by atoms with Crippen LogP contribution in [-0.4, -0.2) is 37.1 Å². The Kier molecular flexibility index (Phi) is 14.4. The first-order chi connectivity index (χ1) is 14.4. The molecule has 0 saturated heterocycles. The molecule has 1 atom stereocenters. The molecule has 0 fully saturated rings. The molecule has 0 radical (unpaired) electrons. The Balaban J connectivity index is 2.40. The molecule has 1 aromatic carbocycles. The van der Waals surface area contributed by atoms with Gasteiger partial charge in [-0.25, -0.2) is 0 Å². The lowest BCUT2D eigenvalue weighted by atomic mass is 9.88. The van der Waals surface area contributed by atoms with Gasteiger partial charge in [-0.1, -0.05) is 96.9 Å². The molecule has 30 heavy (non-hydrogen) atoms. The van der Waals surface area contributed by atoms with Crippen molar-refractivity contribution in [2.75, 3.05) is 26.7 Å². The second-order valence-corrected chi connectivity index (χ2v) is 10.2. The maximum Gasteiger partial charge on any atom is 0.0153 e. The molecule has 0 aliphatic heterocycles. The monoisotopic (exact) mass is 416 g/mol. The molecule has 1 unspecified atom stereocenters. The van der Waals surface area contributed by atoms with E-state index in [0.29, 0.717) is 5.54 Å². The molecular formula is C28H52N2. The van der Waals surface area contributed by atoms with Crippen LogP contribution >= 0.6 is 0 Å². The minimum atomic E-state index is 0.309. The van der Waals surface area contributed by atoms with Crippen molar-refractivity contribution in [1.29, 1.82) is 0 Å². The summed E-state index contributed by atoms with van der Waals surface area (Å²) in [5, 5.41) is 3.94. The van der Waals surface area contributed by atoms with Crippen LogP contribution in [0, 0.1) is 5.92 Å². The van der Waals surface area contributed by atoms with E-state index in [1.54, 1.807) is 0 Å². The van der Waals surface area contributed by atoms with Gasteiger partial charge >= 0.3 is 0 Å². The van der Waals surface area contributed by atoms with Gasteiger partial charge in [0.1, 0.15) is 0 Å². The fourth-order valence-corrected chi connectivity index (χ4v) is 4.40. The van der Waals surface area contributed by atoms with Crippen LogP contribution in [0.3, 0.4) is 0 Å². The van der Waals surface area contributed by atoms with E-state index in [-0.39, 0.29) is 0 Å². The Bertz CT molecular complexity index is 522. The van der Waals surface area contributed by atoms with E-state index in [0.717, 1.165) is 31.8 Å². The Morgan fingerprint density at radius 1 is 0.833 bits per heavy atom. The van der Waals surface area contributed by atoms with Gasteiger partial charge in [0.05, 0.1) is 0 Å². The van der Waals surface area contributed by atoms with Gasteiger partial charge in [0.25, 0.3) is 0 Å². The summed E-state index contributed by atoms with van der Waals surface area (Å²) in [6, 6.07) is 9.35. The number of unbranched alkanes of at least 4 members (excludes halogenated alkanes) is 5. The van der Waals surface area contributed by atoms with E-state index in [4.69, 9.17) is 0 Å². The van der Waals surface area contributed by atoms with Crippen LogP contribution in [0.4, 0.5) is 0 Å². The molecule has 0 amide bonds. The molecule has 0 aliphatic rings. The zero-order valence-electron chi connectivity index (χ0n) is 21.2. The molecule has 1 N–H and O–H groups in total. The number of nitrogens with zero attached hydrogens (tertiary/aromatic N) is 1. The van der Waals surface area contributed by atoms with E-state index in [1.165, 1.54) is 75.5 Å². The molecule has 0 bridgehead atoms. The Morgan fingerprint density at radius 2 is 1.40 bits per heavy atom. The summed E-state index contributed by atoms with van der Waals surface area (Å²) in [6.07, 6.45) is 14.4. The van der Waals surface area contributed by atoms with Gasteiger partial charge in [0.2, 0.25) is 0 Å². The second kappa shape index (κ2) is 15.9. The van der Waals surface area contributed by atoms with Crippen LogP contribution in [-0.2, 0) is 12.8 Å². The smallest absolute Gasteiger partial charge is 0.0153 e. The molecule has 0 heterocycles. The molecule has 1 rings (SSSR count). The largest absolute Gasteiger partial charge is 0.311 e. The number of rotatable bonds is 18. The summed E-state index contributed by atoms with van der Waals surface area (Å²) in [4.78, 5) is 2.45. The van der Waals surface area contributed by atoms with Crippen molar-refractivity contribution in [3.05, 3.63) is 35.4 Å². The average Bonchev–Trinajstić information content (AvgIpc) is 2.71. The number of hydrogen-bond donors (Lipinski definition) is 1. The second-order valence-electron chi connectivity index (χ2n) is 10.2. The summed E-state index contributed by atoms with van der Waals surface area (Å²) < 4.78 is 0. The van der Waals surface area contributed by atoms with Gasteiger partial charge in [0, 0.05) is 18.6 Å². The van der Waals surface area contributed by atoms with Crippen LogP contribution in [0.2, 0.25) is 0 Å². The first kappa shape index (κ1) is 27.2. The third-order valence-electron chi connectivity index (χ3n) is 6.36. The van der Waals surface area contributed by atoms with Gasteiger partial charge in [-0.3, -0.25) is 0 Å². The van der Waals surface area contributed by atoms with Crippen LogP contribution < -0.4 is 5.32 Å². The first-order valence-electron chi connectivity index (χ1n) is 12.9. The third kappa shape index (κ3) is 12.7. The first-order valence-corrected chi connectivity index (χ1v) is 12.9. The maximum atomic E-state index is 3.94. The summed E-state index contributed by atoms with van der Waals surface area (Å²) in [5.41, 5.74) is 3.23. The van der Waals surface area contributed by atoms with Crippen molar-refractivity contribution >= 4 is 0 Å². The van der Waals surface area contributed by atoms with Crippen molar-refractivity contribution in [3.8, 4) is 0 Å². The molecular weight excluding hydrogens is 364 g/mol. The van der Waals surface area contributed by atoms with Crippen molar-refractivity contribution in [2.45, 2.75) is 111 Å². The SMILES string of the molecule is CCCCCCCC(C)(CCCC)NCCc1ccc(CCN(C)CC(C)C)cc1. The molecule has 1 aromatic rings. The van der Waals surface area contributed by atoms with Crippen molar-refractivity contribution < 1.29 is 0 Å². The minimum Gasteiger partial charge on any atom is -0.311 e. The molecule has 0 spiro atoms. The average molecular weight is 417 g/mol. The standard InChI is InChI=1S/C28H52N2/c1-7-9-11-12-13-21-28(5,20-10-8-2)29-22-18-26-14-16-27(17-15-26)19-23-30(6)24-25(3)4/h14-17,25,29H,7-13,18-24H2,1-6H3. The molecule has 0 saturated carbocycles. The highest BCUT2D eigenvalue weighted by Crippen LogP contribution is 2.22. The number of nitrogens with one attached hydrogen (secondary N) is 1. The van der Waals surface area contributed by atoms with Gasteiger partial charge in [-0.15, -0.1) is 0 Å². The van der Waals surface area contributed by atoms with Gasteiger partial charge in [0.15, 0.2) is 0 Å². The van der Waals surface area contributed by atoms with Crippen LogP contribution in [0.5, 0.6) is 0 Å². The summed E-state index contributed by atoms with van der Waals surface area (Å²) in [5.74, 6) is 0.740. The molecule has 0 aliphatic carbocycles. The van der Waals surface area contributed by atoms with Crippen molar-refractivity contribution in [1.82, 2.24) is 10.2 Å². The van der Waals surface area contributed by atoms with E-state index in [9.17, 15) is 0 Å². The van der Waals surface area contributed by atoms with Crippen LogP contribution in [0.1, 0.15) is 104 Å². The third-order valence-corrected chi connectivity index (χ3v) is 6.36.